The predicted molar refractivity (Wildman–Crippen MR) is 124 cm³/mol. The number of aromatic nitrogens is 2. The van der Waals surface area contributed by atoms with Crippen molar-refractivity contribution >= 4 is 5.91 Å². The van der Waals surface area contributed by atoms with E-state index in [4.69, 9.17) is 4.98 Å². The van der Waals surface area contributed by atoms with Crippen LogP contribution in [-0.2, 0) is 23.2 Å². The lowest BCUT2D eigenvalue weighted by Gasteiger charge is -2.36. The van der Waals surface area contributed by atoms with Crippen molar-refractivity contribution in [3.05, 3.63) is 63.3 Å². The maximum Gasteiger partial charge on any atom is 0.254 e. The molecule has 1 N–H and O–H groups in total. The van der Waals surface area contributed by atoms with E-state index in [0.29, 0.717) is 18.4 Å². The third kappa shape index (κ3) is 3.58. The summed E-state index contributed by atoms with van der Waals surface area (Å²) in [4.78, 5) is 39.4. The first-order valence-electron chi connectivity index (χ1n) is 12.2. The van der Waals surface area contributed by atoms with Crippen LogP contribution in [0.5, 0.6) is 0 Å². The van der Waals surface area contributed by atoms with Gasteiger partial charge in [0.05, 0.1) is 17.2 Å². The van der Waals surface area contributed by atoms with E-state index >= 15 is 0 Å². The smallest absolute Gasteiger partial charge is 0.254 e. The number of nitrogens with zero attached hydrogens (tertiary/aromatic N) is 3. The van der Waals surface area contributed by atoms with Gasteiger partial charge in [0.2, 0.25) is 5.91 Å². The molecule has 5 rings (SSSR count). The normalized spacial score (nSPS) is 23.0. The maximum absolute atomic E-state index is 14.1. The summed E-state index contributed by atoms with van der Waals surface area (Å²) < 4.78 is 0. The molecule has 2 aromatic rings. The summed E-state index contributed by atoms with van der Waals surface area (Å²) in [5.41, 5.74) is 2.38. The molecule has 0 unspecified atom stereocenters. The molecule has 1 aromatic carbocycles. The number of carbonyl (C=O) groups excluding carboxylic acids is 1. The van der Waals surface area contributed by atoms with Crippen molar-refractivity contribution in [1.82, 2.24) is 19.8 Å². The second-order valence-electron chi connectivity index (χ2n) is 10.0. The van der Waals surface area contributed by atoms with E-state index in [-0.39, 0.29) is 17.5 Å². The Morgan fingerprint density at radius 2 is 1.88 bits per heavy atom. The molecule has 1 saturated heterocycles. The van der Waals surface area contributed by atoms with Crippen LogP contribution in [0.4, 0.5) is 0 Å². The highest BCUT2D eigenvalue weighted by atomic mass is 16.2. The van der Waals surface area contributed by atoms with Crippen molar-refractivity contribution in [2.75, 3.05) is 13.1 Å². The van der Waals surface area contributed by atoms with Gasteiger partial charge in [0.25, 0.3) is 5.56 Å². The highest BCUT2D eigenvalue weighted by Gasteiger charge is 2.47. The summed E-state index contributed by atoms with van der Waals surface area (Å²) in [5, 5.41) is 0. The van der Waals surface area contributed by atoms with Gasteiger partial charge in [-0.3, -0.25) is 14.5 Å². The molecule has 0 spiro atoms. The van der Waals surface area contributed by atoms with Crippen LogP contribution >= 0.6 is 0 Å². The largest absolute Gasteiger partial charge is 0.332 e. The first-order valence-corrected chi connectivity index (χ1v) is 12.2. The summed E-state index contributed by atoms with van der Waals surface area (Å²) in [6.45, 7) is 6.69. The van der Waals surface area contributed by atoms with E-state index in [1.165, 1.54) is 0 Å². The van der Waals surface area contributed by atoms with Gasteiger partial charge in [-0.05, 0) is 51.5 Å². The Bertz CT molecular complexity index is 1040. The summed E-state index contributed by atoms with van der Waals surface area (Å²) >= 11 is 0. The topological polar surface area (TPSA) is 69.3 Å². The first-order chi connectivity index (χ1) is 15.5. The van der Waals surface area contributed by atoms with Crippen molar-refractivity contribution < 1.29 is 4.79 Å². The van der Waals surface area contributed by atoms with Crippen molar-refractivity contribution in [3.8, 4) is 0 Å². The zero-order valence-corrected chi connectivity index (χ0v) is 19.3. The van der Waals surface area contributed by atoms with E-state index in [2.05, 4.69) is 35.9 Å². The Morgan fingerprint density at radius 1 is 1.12 bits per heavy atom. The Labute approximate surface area is 190 Å². The number of rotatable bonds is 4. The molecule has 3 heterocycles. The Balaban J connectivity index is 1.48. The minimum absolute atomic E-state index is 0.0219. The molecule has 2 aliphatic heterocycles. The van der Waals surface area contributed by atoms with Gasteiger partial charge in [0, 0.05) is 31.2 Å². The lowest BCUT2D eigenvalue weighted by atomic mass is 9.77. The fourth-order valence-corrected chi connectivity index (χ4v) is 6.01. The zero-order chi connectivity index (χ0) is 22.3. The van der Waals surface area contributed by atoms with E-state index in [9.17, 15) is 9.59 Å². The molecule has 170 valence electrons. The van der Waals surface area contributed by atoms with Crippen molar-refractivity contribution in [2.45, 2.75) is 82.8 Å². The molecule has 6 nitrogen and oxygen atoms in total. The molecule has 3 aliphatic rings. The number of amides is 1. The fraction of sp³-hybridized carbons (Fsp3) is 0.577. The van der Waals surface area contributed by atoms with Crippen LogP contribution in [0.1, 0.15) is 81.1 Å². The van der Waals surface area contributed by atoms with Crippen LogP contribution in [0.25, 0.3) is 0 Å². The van der Waals surface area contributed by atoms with Gasteiger partial charge in [0.1, 0.15) is 5.82 Å². The van der Waals surface area contributed by atoms with Gasteiger partial charge in [-0.15, -0.1) is 0 Å². The number of H-pyrrole nitrogens is 1. The number of fused-ring (bicyclic) bond motifs is 1. The average Bonchev–Trinajstić information content (AvgIpc) is 3.49. The highest BCUT2D eigenvalue weighted by molar-refractivity contribution is 5.89. The summed E-state index contributed by atoms with van der Waals surface area (Å²) in [6, 6.07) is 10.6. The number of hydrogen-bond acceptors (Lipinski definition) is 4. The third-order valence-electron chi connectivity index (χ3n) is 7.87. The van der Waals surface area contributed by atoms with E-state index in [0.717, 1.165) is 74.9 Å². The van der Waals surface area contributed by atoms with Crippen LogP contribution in [0, 0.1) is 0 Å². The summed E-state index contributed by atoms with van der Waals surface area (Å²) in [5.74, 6) is 0.888. The number of likely N-dealkylation sites (tertiary alicyclic amines) is 1. The lowest BCUT2D eigenvalue weighted by Crippen LogP contribution is -2.46. The quantitative estimate of drug-likeness (QED) is 0.796. The molecule has 32 heavy (non-hydrogen) atoms. The molecule has 1 atom stereocenters. The lowest BCUT2D eigenvalue weighted by molar-refractivity contribution is -0.138. The second kappa shape index (κ2) is 8.47. The fourth-order valence-electron chi connectivity index (χ4n) is 6.01. The van der Waals surface area contributed by atoms with Crippen molar-refractivity contribution in [3.63, 3.8) is 0 Å². The summed E-state index contributed by atoms with van der Waals surface area (Å²) in [7, 11) is 0. The minimum Gasteiger partial charge on any atom is -0.332 e. The monoisotopic (exact) mass is 434 g/mol. The van der Waals surface area contributed by atoms with Gasteiger partial charge >= 0.3 is 0 Å². The number of nitrogens with one attached hydrogen (secondary N) is 1. The van der Waals surface area contributed by atoms with Gasteiger partial charge in [0.15, 0.2) is 0 Å². The zero-order valence-electron chi connectivity index (χ0n) is 19.3. The van der Waals surface area contributed by atoms with Crippen LogP contribution < -0.4 is 5.56 Å². The maximum atomic E-state index is 14.1. The van der Waals surface area contributed by atoms with Crippen LogP contribution in [-0.4, -0.2) is 44.8 Å². The molecule has 1 aromatic heterocycles. The summed E-state index contributed by atoms with van der Waals surface area (Å²) in [6.07, 6.45) is 6.50. The average molecular weight is 435 g/mol. The standard InChI is InChI=1S/C26H34N4O2/c1-18(2)29-16-12-20-21(17-29)27-23(28-24(20)31)22-11-8-15-30(22)25(32)26(13-6-7-14-26)19-9-4-3-5-10-19/h3-5,9-10,18,22H,6-8,11-17H2,1-2H3,(H,27,28,31)/t22-/m0/s1. The number of hydrogen-bond donors (Lipinski definition) is 1. The van der Waals surface area contributed by atoms with E-state index in [1.807, 2.05) is 23.1 Å². The highest BCUT2D eigenvalue weighted by Crippen LogP contribution is 2.45. The minimum atomic E-state index is -0.438. The molecule has 0 radical (unpaired) electrons. The molecule has 0 bridgehead atoms. The van der Waals surface area contributed by atoms with Gasteiger partial charge < -0.3 is 9.88 Å². The van der Waals surface area contributed by atoms with Crippen molar-refractivity contribution in [2.24, 2.45) is 0 Å². The molecule has 6 heteroatoms. The number of carbonyl (C=O) groups is 1. The molecular formula is C26H34N4O2. The second-order valence-corrected chi connectivity index (χ2v) is 10.0. The molecule has 1 amide bonds. The Kier molecular flexibility index (Phi) is 5.66. The van der Waals surface area contributed by atoms with Crippen LogP contribution in [0.15, 0.2) is 35.1 Å². The van der Waals surface area contributed by atoms with Crippen LogP contribution in [0.2, 0.25) is 0 Å². The molecule has 1 aliphatic carbocycles. The SMILES string of the molecule is CC(C)N1CCc2c(nc([C@@H]3CCCN3C(=O)C3(c4ccccc4)CCCC3)[nH]c2=O)C1. The number of aromatic amines is 1. The van der Waals surface area contributed by atoms with Crippen molar-refractivity contribution in [1.29, 1.82) is 0 Å². The van der Waals surface area contributed by atoms with Gasteiger partial charge in [-0.25, -0.2) is 4.98 Å². The molecular weight excluding hydrogens is 400 g/mol. The third-order valence-corrected chi connectivity index (χ3v) is 7.87. The first kappa shape index (κ1) is 21.4. The number of benzene rings is 1. The van der Waals surface area contributed by atoms with Gasteiger partial charge in [-0.2, -0.15) is 0 Å². The van der Waals surface area contributed by atoms with Crippen LogP contribution in [0.3, 0.4) is 0 Å². The Hall–Kier alpha value is -2.47. The predicted octanol–water partition coefficient (Wildman–Crippen LogP) is 3.71. The van der Waals surface area contributed by atoms with E-state index < -0.39 is 5.41 Å². The Morgan fingerprint density at radius 3 is 2.59 bits per heavy atom. The molecule has 2 fully saturated rings. The van der Waals surface area contributed by atoms with Gasteiger partial charge in [-0.1, -0.05) is 43.2 Å². The molecule has 1 saturated carbocycles. The van der Waals surface area contributed by atoms with E-state index in [1.54, 1.807) is 0 Å².